The van der Waals surface area contributed by atoms with E-state index in [-0.39, 0.29) is 0 Å². The van der Waals surface area contributed by atoms with Gasteiger partial charge in [-0.3, -0.25) is 4.68 Å². The third-order valence-corrected chi connectivity index (χ3v) is 1.11. The monoisotopic (exact) mass is 124 g/mol. The van der Waals surface area contributed by atoms with Crippen molar-refractivity contribution in [2.75, 3.05) is 0 Å². The van der Waals surface area contributed by atoms with Crippen molar-refractivity contribution in [1.29, 1.82) is 0 Å². The summed E-state index contributed by atoms with van der Waals surface area (Å²) >= 11 is 0. The van der Waals surface area contributed by atoms with Crippen LogP contribution in [-0.4, -0.2) is 15.0 Å². The zero-order chi connectivity index (χ0) is 6.53. The fourth-order valence-electron chi connectivity index (χ4n) is 0.626. The quantitative estimate of drug-likeness (QED) is 0.599. The molecular formula is C6H10N3. The summed E-state index contributed by atoms with van der Waals surface area (Å²) in [6, 6.07) is 0. The minimum Gasteiger partial charge on any atom is -0.253 e. The summed E-state index contributed by atoms with van der Waals surface area (Å²) in [7, 11) is 0. The molecule has 0 unspecified atom stereocenters. The zero-order valence-electron chi connectivity index (χ0n) is 5.32. The molecule has 0 aliphatic heterocycles. The standard InChI is InChI=1S/C6H10N3/c1-2-3-5-9-6-4-7-8-9/h4,6H,1-3,5H2. The molecule has 49 valence electrons. The molecule has 0 N–H and O–H groups in total. The van der Waals surface area contributed by atoms with Gasteiger partial charge in [0, 0.05) is 12.7 Å². The smallest absolute Gasteiger partial charge is 0.0692 e. The molecule has 0 spiro atoms. The highest BCUT2D eigenvalue weighted by Gasteiger charge is 1.86. The van der Waals surface area contributed by atoms with Crippen LogP contribution >= 0.6 is 0 Å². The molecule has 1 heterocycles. The number of aryl methyl sites for hydroxylation is 1. The Labute approximate surface area is 54.7 Å². The van der Waals surface area contributed by atoms with E-state index in [0.717, 1.165) is 19.4 Å². The number of rotatable bonds is 3. The lowest BCUT2D eigenvalue weighted by molar-refractivity contribution is 0.562. The lowest BCUT2D eigenvalue weighted by atomic mass is 10.3. The van der Waals surface area contributed by atoms with Crippen LogP contribution in [0.5, 0.6) is 0 Å². The summed E-state index contributed by atoms with van der Waals surface area (Å²) in [6.45, 7) is 4.66. The summed E-state index contributed by atoms with van der Waals surface area (Å²) in [5, 5.41) is 7.46. The molecule has 3 heteroatoms. The van der Waals surface area contributed by atoms with E-state index in [0.29, 0.717) is 0 Å². The maximum absolute atomic E-state index is 3.79. The first-order valence-corrected chi connectivity index (χ1v) is 3.07. The van der Waals surface area contributed by atoms with Crippen molar-refractivity contribution in [2.45, 2.75) is 19.4 Å². The number of nitrogens with zero attached hydrogens (tertiary/aromatic N) is 3. The van der Waals surface area contributed by atoms with Crippen LogP contribution in [0.25, 0.3) is 0 Å². The predicted octanol–water partition coefficient (Wildman–Crippen LogP) is 0.892. The van der Waals surface area contributed by atoms with Crippen molar-refractivity contribution in [3.63, 3.8) is 0 Å². The highest BCUT2D eigenvalue weighted by Crippen LogP contribution is 1.89. The Morgan fingerprint density at radius 3 is 3.00 bits per heavy atom. The molecule has 0 fully saturated rings. The largest absolute Gasteiger partial charge is 0.253 e. The fraction of sp³-hybridized carbons (Fsp3) is 0.500. The molecule has 0 aromatic carbocycles. The number of aromatic nitrogens is 3. The van der Waals surface area contributed by atoms with Crippen molar-refractivity contribution in [2.24, 2.45) is 0 Å². The predicted molar refractivity (Wildman–Crippen MR) is 34.6 cm³/mol. The average molecular weight is 124 g/mol. The molecule has 0 saturated carbocycles. The first-order valence-electron chi connectivity index (χ1n) is 3.07. The highest BCUT2D eigenvalue weighted by atomic mass is 15.4. The second kappa shape index (κ2) is 3.22. The SMILES string of the molecule is [CH2]CCCn1ccnn1. The summed E-state index contributed by atoms with van der Waals surface area (Å²) < 4.78 is 1.81. The van der Waals surface area contributed by atoms with E-state index < -0.39 is 0 Å². The molecule has 0 amide bonds. The van der Waals surface area contributed by atoms with E-state index in [4.69, 9.17) is 0 Å². The Hall–Kier alpha value is -0.860. The minimum absolute atomic E-state index is 0.934. The first-order chi connectivity index (χ1) is 4.43. The Balaban J connectivity index is 2.30. The normalized spacial score (nSPS) is 9.89. The van der Waals surface area contributed by atoms with Crippen LogP contribution in [0.2, 0.25) is 0 Å². The fourth-order valence-corrected chi connectivity index (χ4v) is 0.626. The van der Waals surface area contributed by atoms with Gasteiger partial charge in [-0.1, -0.05) is 18.6 Å². The van der Waals surface area contributed by atoms with E-state index in [1.165, 1.54) is 0 Å². The van der Waals surface area contributed by atoms with E-state index >= 15 is 0 Å². The van der Waals surface area contributed by atoms with E-state index in [9.17, 15) is 0 Å². The molecule has 1 aromatic heterocycles. The van der Waals surface area contributed by atoms with Crippen LogP contribution in [0.15, 0.2) is 12.4 Å². The van der Waals surface area contributed by atoms with Crippen LogP contribution in [0, 0.1) is 6.92 Å². The zero-order valence-corrected chi connectivity index (χ0v) is 5.32. The van der Waals surface area contributed by atoms with Crippen molar-refractivity contribution in [3.05, 3.63) is 19.3 Å². The average Bonchev–Trinajstić information content (AvgIpc) is 2.34. The molecule has 0 bridgehead atoms. The minimum atomic E-state index is 0.934. The Morgan fingerprint density at radius 2 is 2.44 bits per heavy atom. The lowest BCUT2D eigenvalue weighted by Gasteiger charge is -1.94. The van der Waals surface area contributed by atoms with Crippen molar-refractivity contribution >= 4 is 0 Å². The summed E-state index contributed by atoms with van der Waals surface area (Å²) in [5.41, 5.74) is 0. The van der Waals surface area contributed by atoms with Crippen LogP contribution in [0.3, 0.4) is 0 Å². The topological polar surface area (TPSA) is 30.7 Å². The van der Waals surface area contributed by atoms with Gasteiger partial charge >= 0.3 is 0 Å². The van der Waals surface area contributed by atoms with Gasteiger partial charge in [-0.2, -0.15) is 0 Å². The molecule has 9 heavy (non-hydrogen) atoms. The Bertz CT molecular complexity index is 145. The summed E-state index contributed by atoms with van der Waals surface area (Å²) in [5.74, 6) is 0. The van der Waals surface area contributed by atoms with Crippen LogP contribution in [0.1, 0.15) is 12.8 Å². The van der Waals surface area contributed by atoms with Crippen LogP contribution in [0.4, 0.5) is 0 Å². The van der Waals surface area contributed by atoms with E-state index in [2.05, 4.69) is 17.2 Å². The molecule has 0 atom stereocenters. The van der Waals surface area contributed by atoms with Gasteiger partial charge in [-0.05, 0) is 6.42 Å². The maximum Gasteiger partial charge on any atom is 0.0692 e. The molecule has 0 aliphatic carbocycles. The molecule has 0 saturated heterocycles. The molecule has 3 nitrogen and oxygen atoms in total. The second-order valence-corrected chi connectivity index (χ2v) is 1.87. The van der Waals surface area contributed by atoms with Crippen LogP contribution in [-0.2, 0) is 6.54 Å². The number of hydrogen-bond donors (Lipinski definition) is 0. The van der Waals surface area contributed by atoms with E-state index in [1.807, 2.05) is 10.9 Å². The molecule has 1 rings (SSSR count). The summed E-state index contributed by atoms with van der Waals surface area (Å²) in [6.07, 6.45) is 5.57. The Kier molecular flexibility index (Phi) is 2.24. The van der Waals surface area contributed by atoms with Gasteiger partial charge in [0.2, 0.25) is 0 Å². The maximum atomic E-state index is 3.79. The third-order valence-electron chi connectivity index (χ3n) is 1.11. The van der Waals surface area contributed by atoms with Gasteiger partial charge in [0.1, 0.15) is 0 Å². The van der Waals surface area contributed by atoms with Crippen LogP contribution < -0.4 is 0 Å². The third kappa shape index (κ3) is 1.83. The number of hydrogen-bond acceptors (Lipinski definition) is 2. The Morgan fingerprint density at radius 1 is 1.56 bits per heavy atom. The highest BCUT2D eigenvalue weighted by molar-refractivity contribution is 4.63. The van der Waals surface area contributed by atoms with Gasteiger partial charge in [0.25, 0.3) is 0 Å². The summed E-state index contributed by atoms with van der Waals surface area (Å²) in [4.78, 5) is 0. The van der Waals surface area contributed by atoms with Gasteiger partial charge in [0.15, 0.2) is 0 Å². The van der Waals surface area contributed by atoms with Crippen molar-refractivity contribution < 1.29 is 0 Å². The van der Waals surface area contributed by atoms with Crippen molar-refractivity contribution in [1.82, 2.24) is 15.0 Å². The van der Waals surface area contributed by atoms with Gasteiger partial charge in [-0.15, -0.1) is 5.10 Å². The first kappa shape index (κ1) is 6.26. The molecule has 1 radical (unpaired) electrons. The molecule has 1 aromatic rings. The number of unbranched alkanes of at least 4 members (excludes halogenated alkanes) is 1. The van der Waals surface area contributed by atoms with E-state index in [1.54, 1.807) is 6.20 Å². The van der Waals surface area contributed by atoms with Crippen molar-refractivity contribution in [3.8, 4) is 0 Å². The van der Waals surface area contributed by atoms with Gasteiger partial charge in [0.05, 0.1) is 6.20 Å². The molecular weight excluding hydrogens is 114 g/mol. The molecule has 0 aliphatic rings. The van der Waals surface area contributed by atoms with Gasteiger partial charge in [-0.25, -0.2) is 0 Å². The van der Waals surface area contributed by atoms with Gasteiger partial charge < -0.3 is 0 Å². The lowest BCUT2D eigenvalue weighted by Crippen LogP contribution is -1.97. The second-order valence-electron chi connectivity index (χ2n) is 1.87.